The molecule has 0 fully saturated rings. The summed E-state index contributed by atoms with van der Waals surface area (Å²) in [6.07, 6.45) is 18.5. The molecular formula is C56H54N4+2. The number of anilines is 2. The molecule has 296 valence electrons. The van der Waals surface area contributed by atoms with Crippen molar-refractivity contribution in [1.29, 1.82) is 0 Å². The number of hydrogen-bond donors (Lipinski definition) is 0. The summed E-state index contributed by atoms with van der Waals surface area (Å²) in [4.78, 5) is 4.37. The smallest absolute Gasteiger partial charge is 0.199 e. The lowest BCUT2D eigenvalue weighted by Gasteiger charge is -2.41. The summed E-state index contributed by atoms with van der Waals surface area (Å²) in [5.74, 6) is -0.128. The van der Waals surface area contributed by atoms with Crippen LogP contribution in [0, 0.1) is 0 Å². The second-order valence-electron chi connectivity index (χ2n) is 17.0. The Kier molecular flexibility index (Phi) is 10.2. The molecular weight excluding hydrogens is 729 g/mol. The molecule has 2 atom stereocenters. The average molecular weight is 783 g/mol. The van der Waals surface area contributed by atoms with Crippen LogP contribution in [0.2, 0.25) is 0 Å². The summed E-state index contributed by atoms with van der Waals surface area (Å²) >= 11 is 0. The number of rotatable bonds is 6. The van der Waals surface area contributed by atoms with Crippen LogP contribution in [-0.4, -0.2) is 77.0 Å². The fourth-order valence-corrected chi connectivity index (χ4v) is 9.46. The zero-order valence-corrected chi connectivity index (χ0v) is 36.1. The van der Waals surface area contributed by atoms with Crippen LogP contribution in [0.15, 0.2) is 181 Å². The van der Waals surface area contributed by atoms with Gasteiger partial charge in [-0.3, -0.25) is 0 Å². The molecule has 0 N–H and O–H groups in total. The predicted molar refractivity (Wildman–Crippen MR) is 259 cm³/mol. The van der Waals surface area contributed by atoms with E-state index in [1.54, 1.807) is 0 Å². The van der Waals surface area contributed by atoms with Gasteiger partial charge in [0.1, 0.15) is 28.2 Å². The van der Waals surface area contributed by atoms with Gasteiger partial charge in [-0.15, -0.1) is 0 Å². The average Bonchev–Trinajstić information content (AvgIpc) is 3.27. The molecule has 4 nitrogen and oxygen atoms in total. The number of fused-ring (bicyclic) bond motifs is 7. The first-order chi connectivity index (χ1) is 29.1. The van der Waals surface area contributed by atoms with Gasteiger partial charge in [0.15, 0.2) is 11.4 Å². The topological polar surface area (TPSA) is 12.5 Å². The van der Waals surface area contributed by atoms with Gasteiger partial charge in [-0.1, -0.05) is 97.1 Å². The van der Waals surface area contributed by atoms with Gasteiger partial charge < -0.3 is 9.80 Å². The van der Waals surface area contributed by atoms with Crippen molar-refractivity contribution in [3.8, 4) is 11.1 Å². The van der Waals surface area contributed by atoms with E-state index in [0.29, 0.717) is 0 Å². The Bertz CT molecular complexity index is 2690. The largest absolute Gasteiger partial charge is 0.378 e. The summed E-state index contributed by atoms with van der Waals surface area (Å²) in [7, 11) is 16.9. The predicted octanol–water partition coefficient (Wildman–Crippen LogP) is 11.6. The lowest BCUT2D eigenvalue weighted by molar-refractivity contribution is -0.462. The molecule has 3 aliphatic carbocycles. The molecule has 0 heterocycles. The van der Waals surface area contributed by atoms with Crippen LogP contribution in [0.5, 0.6) is 0 Å². The monoisotopic (exact) mass is 782 g/mol. The van der Waals surface area contributed by atoms with Crippen LogP contribution in [0.1, 0.15) is 34.1 Å². The molecule has 0 aliphatic heterocycles. The van der Waals surface area contributed by atoms with E-state index < -0.39 is 0 Å². The second kappa shape index (κ2) is 15.8. The van der Waals surface area contributed by atoms with Crippen LogP contribution in [0.4, 0.5) is 11.4 Å². The third-order valence-corrected chi connectivity index (χ3v) is 12.6. The zero-order valence-electron chi connectivity index (χ0n) is 36.1. The van der Waals surface area contributed by atoms with Crippen LogP contribution in [0.25, 0.3) is 43.8 Å². The molecule has 6 aromatic rings. The fraction of sp³-hybridized carbons (Fsp3) is 0.179. The Hall–Kier alpha value is -6.78. The fourth-order valence-electron chi connectivity index (χ4n) is 9.46. The molecule has 0 radical (unpaired) electrons. The van der Waals surface area contributed by atoms with Crippen molar-refractivity contribution >= 4 is 55.5 Å². The number of hydrogen-bond acceptors (Lipinski definition) is 2. The third kappa shape index (κ3) is 6.86. The molecule has 0 spiro atoms. The van der Waals surface area contributed by atoms with E-state index in [0.717, 1.165) is 0 Å². The zero-order chi connectivity index (χ0) is 41.7. The minimum absolute atomic E-state index is 0.0641. The van der Waals surface area contributed by atoms with E-state index in [2.05, 4.69) is 245 Å². The first kappa shape index (κ1) is 38.7. The van der Waals surface area contributed by atoms with Crippen LogP contribution in [0.3, 0.4) is 0 Å². The highest BCUT2D eigenvalue weighted by Crippen LogP contribution is 2.61. The molecule has 6 aromatic carbocycles. The quantitative estimate of drug-likeness (QED) is 0.156. The lowest BCUT2D eigenvalue weighted by atomic mass is 9.61. The van der Waals surface area contributed by atoms with E-state index in [1.807, 2.05) is 0 Å². The minimum Gasteiger partial charge on any atom is -0.378 e. The van der Waals surface area contributed by atoms with Gasteiger partial charge in [-0.2, -0.15) is 0 Å². The van der Waals surface area contributed by atoms with Crippen molar-refractivity contribution in [2.75, 3.05) is 66.2 Å². The molecule has 9 rings (SSSR count). The van der Waals surface area contributed by atoms with Crippen LogP contribution in [-0.2, 0) is 0 Å². The highest BCUT2D eigenvalue weighted by atomic mass is 15.1. The highest BCUT2D eigenvalue weighted by molar-refractivity contribution is 6.12. The molecule has 0 saturated carbocycles. The van der Waals surface area contributed by atoms with Gasteiger partial charge in [0.05, 0.1) is 0 Å². The normalized spacial score (nSPS) is 16.6. The molecule has 2 unspecified atom stereocenters. The Labute approximate surface area is 355 Å². The molecule has 0 aromatic heterocycles. The maximum Gasteiger partial charge on any atom is 0.199 e. The highest BCUT2D eigenvalue weighted by Gasteiger charge is 2.42. The maximum atomic E-state index is 2.45. The van der Waals surface area contributed by atoms with Crippen LogP contribution < -0.4 is 9.80 Å². The van der Waals surface area contributed by atoms with Crippen molar-refractivity contribution in [3.63, 3.8) is 0 Å². The standard InChI is InChI=1S/C56H54N4/c1-57(2)43-27-17-39(18-28-43)51(40-19-29-44(30-20-40)58(3)4)55-49-35-25-37-13-9-11-15-47(37)53(49)54-48-16-12-10-14-38(48)26-36-50(54)56(55)52(41-21-31-45(32-22-41)59(5)6)42-23-33-46(34-24-42)60(7)8/h9-36,55-56H,1-8H3/q+2. The molecule has 3 aliphatic rings. The second-order valence-corrected chi connectivity index (χ2v) is 17.0. The summed E-state index contributed by atoms with van der Waals surface area (Å²) in [5, 5.41) is 5.08. The van der Waals surface area contributed by atoms with Gasteiger partial charge in [0.25, 0.3) is 0 Å². The lowest BCUT2D eigenvalue weighted by Crippen LogP contribution is -2.23. The van der Waals surface area contributed by atoms with E-state index in [-0.39, 0.29) is 11.8 Å². The first-order valence-electron chi connectivity index (χ1n) is 21.0. The van der Waals surface area contributed by atoms with Crippen molar-refractivity contribution in [1.82, 2.24) is 0 Å². The molecule has 0 amide bonds. The van der Waals surface area contributed by atoms with E-state index in [1.165, 1.54) is 100 Å². The van der Waals surface area contributed by atoms with Gasteiger partial charge in [0, 0.05) is 75.7 Å². The van der Waals surface area contributed by atoms with Crippen molar-refractivity contribution in [2.45, 2.75) is 11.8 Å². The Morgan fingerprint density at radius 2 is 0.750 bits per heavy atom. The van der Waals surface area contributed by atoms with E-state index in [9.17, 15) is 0 Å². The molecule has 4 heteroatoms. The van der Waals surface area contributed by atoms with Gasteiger partial charge >= 0.3 is 0 Å². The Morgan fingerprint density at radius 1 is 0.400 bits per heavy atom. The summed E-state index contributed by atoms with van der Waals surface area (Å²) in [6.45, 7) is 0. The Balaban J connectivity index is 1.46. The van der Waals surface area contributed by atoms with Crippen LogP contribution >= 0.6 is 0 Å². The number of benzene rings is 6. The van der Waals surface area contributed by atoms with Crippen molar-refractivity contribution in [2.24, 2.45) is 0 Å². The van der Waals surface area contributed by atoms with E-state index in [4.69, 9.17) is 0 Å². The number of nitrogens with zero attached hydrogens (tertiary/aromatic N) is 4. The van der Waals surface area contributed by atoms with Gasteiger partial charge in [0.2, 0.25) is 0 Å². The van der Waals surface area contributed by atoms with Gasteiger partial charge in [-0.05, 0) is 126 Å². The summed E-state index contributed by atoms with van der Waals surface area (Å²) < 4.78 is 4.37. The first-order valence-corrected chi connectivity index (χ1v) is 21.0. The molecule has 0 saturated heterocycles. The summed E-state index contributed by atoms with van der Waals surface area (Å²) in [5.41, 5.74) is 17.6. The summed E-state index contributed by atoms with van der Waals surface area (Å²) in [6, 6.07) is 46.0. The molecule has 0 bridgehead atoms. The minimum atomic E-state index is -0.0641. The Morgan fingerprint density at radius 3 is 1.08 bits per heavy atom. The van der Waals surface area contributed by atoms with Crippen molar-refractivity contribution in [3.05, 3.63) is 203 Å². The SMILES string of the molecule is CN(C)c1ccc(C(=C2C=CC(=[N+](C)C)C=C2)C2c3ccc4ccccc4c3-c3c(ccc4ccccc34)C2C(=C2C=CC(=[N+](C)C)C=C2)c2ccc(N(C)C)cc2)cc1. The van der Waals surface area contributed by atoms with Gasteiger partial charge in [-0.25, -0.2) is 9.15 Å². The number of allylic oxidation sites excluding steroid dienone is 12. The maximum absolute atomic E-state index is 2.45. The van der Waals surface area contributed by atoms with E-state index >= 15 is 0 Å². The molecule has 60 heavy (non-hydrogen) atoms. The third-order valence-electron chi connectivity index (χ3n) is 12.6. The van der Waals surface area contributed by atoms with Crippen molar-refractivity contribution < 1.29 is 9.15 Å².